The quantitative estimate of drug-likeness (QED) is 0.919. The number of nitrogens with one attached hydrogen (secondary N) is 1. The minimum absolute atomic E-state index is 0.208. The third-order valence-electron chi connectivity index (χ3n) is 2.83. The van der Waals surface area contributed by atoms with Crippen molar-refractivity contribution < 1.29 is 4.79 Å². The van der Waals surface area contributed by atoms with Crippen LogP contribution in [0.1, 0.15) is 4.88 Å². The van der Waals surface area contributed by atoms with Crippen molar-refractivity contribution in [2.75, 3.05) is 26.7 Å². The van der Waals surface area contributed by atoms with Gasteiger partial charge in [-0.15, -0.1) is 11.3 Å². The van der Waals surface area contributed by atoms with Crippen LogP contribution in [0.5, 0.6) is 0 Å². The van der Waals surface area contributed by atoms with Crippen LogP contribution in [0.4, 0.5) is 0 Å². The predicted octanol–water partition coefficient (Wildman–Crippen LogP) is 1.73. The molecule has 5 heteroatoms. The Bertz CT molecular complexity index is 376. The van der Waals surface area contributed by atoms with Crippen molar-refractivity contribution in [2.45, 2.75) is 6.42 Å². The number of halogens is 1. The molecule has 1 amide bonds. The van der Waals surface area contributed by atoms with Crippen molar-refractivity contribution in [2.24, 2.45) is 5.92 Å². The van der Waals surface area contributed by atoms with Crippen LogP contribution in [0.15, 0.2) is 15.9 Å². The fraction of sp³-hybridized carbons (Fsp3) is 0.545. The van der Waals surface area contributed by atoms with Crippen LogP contribution in [-0.2, 0) is 11.2 Å². The van der Waals surface area contributed by atoms with E-state index in [1.165, 1.54) is 4.88 Å². The van der Waals surface area contributed by atoms with E-state index in [-0.39, 0.29) is 11.8 Å². The Hall–Kier alpha value is -0.390. The van der Waals surface area contributed by atoms with E-state index in [9.17, 15) is 4.79 Å². The first-order chi connectivity index (χ1) is 7.66. The molecule has 1 aliphatic heterocycles. The summed E-state index contributed by atoms with van der Waals surface area (Å²) in [4.78, 5) is 15.0. The van der Waals surface area contributed by atoms with E-state index < -0.39 is 0 Å². The van der Waals surface area contributed by atoms with Crippen molar-refractivity contribution >= 4 is 33.2 Å². The number of thiophene rings is 1. The van der Waals surface area contributed by atoms with E-state index in [2.05, 4.69) is 33.4 Å². The first-order valence-corrected chi connectivity index (χ1v) is 6.97. The molecule has 1 aromatic rings. The molecule has 0 aliphatic carbocycles. The van der Waals surface area contributed by atoms with Crippen molar-refractivity contribution in [3.8, 4) is 0 Å². The Morgan fingerprint density at radius 1 is 1.62 bits per heavy atom. The fourth-order valence-corrected chi connectivity index (χ4v) is 3.12. The van der Waals surface area contributed by atoms with Crippen LogP contribution in [0, 0.1) is 5.92 Å². The maximum absolute atomic E-state index is 11.8. The maximum atomic E-state index is 11.8. The van der Waals surface area contributed by atoms with Crippen molar-refractivity contribution in [3.63, 3.8) is 0 Å². The number of hydrogen-bond acceptors (Lipinski definition) is 3. The minimum Gasteiger partial charge on any atom is -0.345 e. The van der Waals surface area contributed by atoms with Gasteiger partial charge in [0.2, 0.25) is 5.91 Å². The summed E-state index contributed by atoms with van der Waals surface area (Å²) in [6, 6.07) is 4.16. The van der Waals surface area contributed by atoms with Crippen molar-refractivity contribution in [1.82, 2.24) is 10.2 Å². The van der Waals surface area contributed by atoms with Crippen LogP contribution in [0.25, 0.3) is 0 Å². The van der Waals surface area contributed by atoms with E-state index >= 15 is 0 Å². The van der Waals surface area contributed by atoms with Gasteiger partial charge in [0.25, 0.3) is 0 Å². The summed E-state index contributed by atoms with van der Waals surface area (Å²) in [6.07, 6.45) is 0.943. The van der Waals surface area contributed by atoms with Crippen molar-refractivity contribution in [1.29, 1.82) is 0 Å². The normalized spacial score (nSPS) is 15.9. The lowest BCUT2D eigenvalue weighted by Gasteiger charge is -2.30. The molecule has 1 fully saturated rings. The molecule has 2 heterocycles. The second kappa shape index (κ2) is 5.29. The maximum Gasteiger partial charge on any atom is 0.228 e. The molecule has 3 nitrogen and oxygen atoms in total. The van der Waals surface area contributed by atoms with Gasteiger partial charge in [-0.05, 0) is 34.5 Å². The summed E-state index contributed by atoms with van der Waals surface area (Å²) in [7, 11) is 1.89. The largest absolute Gasteiger partial charge is 0.345 e. The third kappa shape index (κ3) is 2.84. The molecule has 0 atom stereocenters. The first kappa shape index (κ1) is 12.1. The lowest BCUT2D eigenvalue weighted by molar-refractivity contribution is -0.135. The second-order valence-corrected chi connectivity index (χ2v) is 6.62. The molecule has 2 rings (SSSR count). The van der Waals surface area contributed by atoms with Gasteiger partial charge in [-0.25, -0.2) is 0 Å². The zero-order valence-electron chi connectivity index (χ0n) is 9.20. The highest BCUT2D eigenvalue weighted by Gasteiger charge is 2.27. The summed E-state index contributed by atoms with van der Waals surface area (Å²) in [5, 5.41) is 3.12. The van der Waals surface area contributed by atoms with Crippen LogP contribution < -0.4 is 5.32 Å². The molecule has 0 aromatic carbocycles. The molecule has 0 unspecified atom stereocenters. The zero-order chi connectivity index (χ0) is 11.5. The molecule has 1 aromatic heterocycles. The highest BCUT2D eigenvalue weighted by molar-refractivity contribution is 9.11. The highest BCUT2D eigenvalue weighted by Crippen LogP contribution is 2.22. The van der Waals surface area contributed by atoms with Gasteiger partial charge in [0, 0.05) is 31.6 Å². The van der Waals surface area contributed by atoms with Gasteiger partial charge in [-0.2, -0.15) is 0 Å². The second-order valence-electron chi connectivity index (χ2n) is 4.07. The Labute approximate surface area is 108 Å². The number of nitrogens with zero attached hydrogens (tertiary/aromatic N) is 1. The Kier molecular flexibility index (Phi) is 4.00. The predicted molar refractivity (Wildman–Crippen MR) is 69.7 cm³/mol. The molecule has 16 heavy (non-hydrogen) atoms. The highest BCUT2D eigenvalue weighted by atomic mass is 79.9. The Morgan fingerprint density at radius 2 is 2.38 bits per heavy atom. The number of carbonyl (C=O) groups excluding carboxylic acids is 1. The van der Waals surface area contributed by atoms with E-state index in [1.54, 1.807) is 11.3 Å². The van der Waals surface area contributed by atoms with Gasteiger partial charge >= 0.3 is 0 Å². The molecule has 0 radical (unpaired) electrons. The summed E-state index contributed by atoms with van der Waals surface area (Å²) in [5.41, 5.74) is 0. The van der Waals surface area contributed by atoms with Crippen LogP contribution >= 0.6 is 27.3 Å². The standard InChI is InChI=1S/C11H15BrN2OS/c1-14(11(15)8-6-13-7-8)5-4-9-2-3-10(12)16-9/h2-3,8,13H,4-7H2,1H3. The summed E-state index contributed by atoms with van der Waals surface area (Å²) in [6.45, 7) is 2.49. The van der Waals surface area contributed by atoms with Gasteiger partial charge < -0.3 is 10.2 Å². The van der Waals surface area contributed by atoms with E-state index in [1.807, 2.05) is 11.9 Å². The topological polar surface area (TPSA) is 32.3 Å². The molecule has 0 saturated carbocycles. The number of carbonyl (C=O) groups is 1. The molecule has 0 bridgehead atoms. The average Bonchev–Trinajstić information content (AvgIpc) is 2.58. The Balaban J connectivity index is 1.78. The van der Waals surface area contributed by atoms with Gasteiger partial charge in [-0.1, -0.05) is 0 Å². The number of rotatable bonds is 4. The molecule has 88 valence electrons. The van der Waals surface area contributed by atoms with Gasteiger partial charge in [-0.3, -0.25) is 4.79 Å². The molecule has 1 N–H and O–H groups in total. The summed E-state index contributed by atoms with van der Waals surface area (Å²) in [5.74, 6) is 0.481. The van der Waals surface area contributed by atoms with Crippen LogP contribution in [0.3, 0.4) is 0 Å². The zero-order valence-corrected chi connectivity index (χ0v) is 11.6. The Morgan fingerprint density at radius 3 is 2.88 bits per heavy atom. The average molecular weight is 303 g/mol. The number of hydrogen-bond donors (Lipinski definition) is 1. The van der Waals surface area contributed by atoms with Crippen LogP contribution in [0.2, 0.25) is 0 Å². The number of amides is 1. The van der Waals surface area contributed by atoms with E-state index in [0.717, 1.165) is 29.8 Å². The summed E-state index contributed by atoms with van der Waals surface area (Å²) >= 11 is 5.18. The lowest BCUT2D eigenvalue weighted by Crippen LogP contribution is -2.51. The molecule has 1 saturated heterocycles. The number of likely N-dealkylation sites (N-methyl/N-ethyl adjacent to an activating group) is 1. The molecular weight excluding hydrogens is 288 g/mol. The molecule has 1 aliphatic rings. The molecular formula is C11H15BrN2OS. The fourth-order valence-electron chi connectivity index (χ4n) is 1.65. The van der Waals surface area contributed by atoms with E-state index in [0.29, 0.717) is 0 Å². The van der Waals surface area contributed by atoms with Gasteiger partial charge in [0.15, 0.2) is 0 Å². The van der Waals surface area contributed by atoms with Crippen LogP contribution in [-0.4, -0.2) is 37.5 Å². The third-order valence-corrected chi connectivity index (χ3v) is 4.51. The SMILES string of the molecule is CN(CCc1ccc(Br)s1)C(=O)C1CNC1. The van der Waals surface area contributed by atoms with E-state index in [4.69, 9.17) is 0 Å². The summed E-state index contributed by atoms with van der Waals surface area (Å²) < 4.78 is 1.15. The molecule has 0 spiro atoms. The first-order valence-electron chi connectivity index (χ1n) is 5.36. The van der Waals surface area contributed by atoms with Gasteiger partial charge in [0.05, 0.1) is 9.70 Å². The monoisotopic (exact) mass is 302 g/mol. The van der Waals surface area contributed by atoms with Crippen molar-refractivity contribution in [3.05, 3.63) is 20.8 Å². The smallest absolute Gasteiger partial charge is 0.228 e. The minimum atomic E-state index is 0.208. The lowest BCUT2D eigenvalue weighted by atomic mass is 10.0. The van der Waals surface area contributed by atoms with Gasteiger partial charge in [0.1, 0.15) is 0 Å².